The number of likely N-dealkylation sites (N-methyl/N-ethyl adjacent to an activating group) is 1. The molecule has 5 heteroatoms. The first kappa shape index (κ1) is 16.0. The molecule has 0 saturated carbocycles. The van der Waals surface area contributed by atoms with E-state index in [4.69, 9.17) is 0 Å². The highest BCUT2D eigenvalue weighted by Crippen LogP contribution is 2.05. The fourth-order valence-electron chi connectivity index (χ4n) is 2.12. The zero-order valence-corrected chi connectivity index (χ0v) is 12.4. The Labute approximate surface area is 130 Å². The van der Waals surface area contributed by atoms with Gasteiger partial charge in [-0.15, -0.1) is 0 Å². The molecule has 0 aliphatic carbocycles. The highest BCUT2D eigenvalue weighted by atomic mass is 16.4. The van der Waals surface area contributed by atoms with Gasteiger partial charge in [0.05, 0.1) is 0 Å². The van der Waals surface area contributed by atoms with E-state index in [1.807, 2.05) is 30.3 Å². The van der Waals surface area contributed by atoms with E-state index in [2.05, 4.69) is 0 Å². The molecular weight excluding hydrogens is 277 g/mol. The molecule has 4 nitrogen and oxygen atoms in total. The van der Waals surface area contributed by atoms with Crippen LogP contribution in [0.5, 0.6) is 0 Å². The van der Waals surface area contributed by atoms with Gasteiger partial charge in [0.1, 0.15) is 0 Å². The lowest BCUT2D eigenvalue weighted by molar-refractivity contribution is -0.125. The number of rotatable bonds is 5. The summed E-state index contributed by atoms with van der Waals surface area (Å²) in [5.41, 5.74) is 2.04. The van der Waals surface area contributed by atoms with Crippen LogP contribution in [0.2, 0.25) is 0 Å². The Morgan fingerprint density at radius 3 is 2.41 bits per heavy atom. The number of amides is 1. The van der Waals surface area contributed by atoms with E-state index < -0.39 is 7.12 Å². The summed E-state index contributed by atoms with van der Waals surface area (Å²) >= 11 is 0. The number of carbonyl (C=O) groups is 1. The van der Waals surface area contributed by atoms with Gasteiger partial charge in [0, 0.05) is 19.7 Å². The van der Waals surface area contributed by atoms with Gasteiger partial charge in [-0.3, -0.25) is 4.79 Å². The maximum atomic E-state index is 12.1. The van der Waals surface area contributed by atoms with Gasteiger partial charge < -0.3 is 14.9 Å². The van der Waals surface area contributed by atoms with Gasteiger partial charge in [-0.05, 0) is 22.7 Å². The first-order valence-electron chi connectivity index (χ1n) is 7.00. The van der Waals surface area contributed by atoms with Gasteiger partial charge in [-0.1, -0.05) is 54.6 Å². The quantitative estimate of drug-likeness (QED) is 0.640. The first-order valence-corrected chi connectivity index (χ1v) is 7.00. The zero-order chi connectivity index (χ0) is 15.9. The van der Waals surface area contributed by atoms with E-state index in [0.29, 0.717) is 17.6 Å². The molecule has 0 aromatic heterocycles. The van der Waals surface area contributed by atoms with Gasteiger partial charge in [-0.25, -0.2) is 0 Å². The zero-order valence-electron chi connectivity index (χ0n) is 12.4. The molecule has 22 heavy (non-hydrogen) atoms. The van der Waals surface area contributed by atoms with Crippen molar-refractivity contribution in [3.05, 3.63) is 71.8 Å². The molecule has 0 fully saturated rings. The van der Waals surface area contributed by atoms with Crippen LogP contribution in [0, 0.1) is 0 Å². The van der Waals surface area contributed by atoms with Gasteiger partial charge >= 0.3 is 7.12 Å². The normalized spacial score (nSPS) is 10.7. The fraction of sp³-hybridized carbons (Fsp3) is 0.118. The summed E-state index contributed by atoms with van der Waals surface area (Å²) < 4.78 is 0. The largest absolute Gasteiger partial charge is 0.489 e. The summed E-state index contributed by atoms with van der Waals surface area (Å²) in [5, 5.41) is 18.6. The van der Waals surface area contributed by atoms with Crippen molar-refractivity contribution < 1.29 is 14.8 Å². The van der Waals surface area contributed by atoms with Crippen molar-refractivity contribution in [2.24, 2.45) is 0 Å². The monoisotopic (exact) mass is 295 g/mol. The summed E-state index contributed by atoms with van der Waals surface area (Å²) in [6.45, 7) is 0.522. The van der Waals surface area contributed by atoms with Crippen molar-refractivity contribution in [3.8, 4) is 0 Å². The second-order valence-corrected chi connectivity index (χ2v) is 5.02. The third-order valence-corrected chi connectivity index (χ3v) is 3.32. The summed E-state index contributed by atoms with van der Waals surface area (Å²) in [5.74, 6) is -0.147. The molecular formula is C17H18BNO3. The van der Waals surface area contributed by atoms with Crippen molar-refractivity contribution in [1.29, 1.82) is 0 Å². The molecule has 0 atom stereocenters. The molecule has 0 radical (unpaired) electrons. The van der Waals surface area contributed by atoms with Gasteiger partial charge in [0.15, 0.2) is 0 Å². The van der Waals surface area contributed by atoms with E-state index in [1.165, 1.54) is 6.08 Å². The maximum absolute atomic E-state index is 12.1. The lowest BCUT2D eigenvalue weighted by Gasteiger charge is -2.15. The average Bonchev–Trinajstić information content (AvgIpc) is 2.53. The average molecular weight is 295 g/mol. The van der Waals surface area contributed by atoms with Crippen molar-refractivity contribution in [1.82, 2.24) is 4.90 Å². The van der Waals surface area contributed by atoms with E-state index in [0.717, 1.165) is 5.56 Å². The summed E-state index contributed by atoms with van der Waals surface area (Å²) in [6, 6.07) is 16.6. The van der Waals surface area contributed by atoms with E-state index in [-0.39, 0.29) is 5.91 Å². The molecule has 0 unspecified atom stereocenters. The van der Waals surface area contributed by atoms with Crippen molar-refractivity contribution in [2.45, 2.75) is 6.54 Å². The molecule has 2 aromatic carbocycles. The van der Waals surface area contributed by atoms with Crippen LogP contribution in [0.25, 0.3) is 6.08 Å². The van der Waals surface area contributed by atoms with Crippen LogP contribution in [-0.2, 0) is 11.3 Å². The molecule has 112 valence electrons. The lowest BCUT2D eigenvalue weighted by Crippen LogP contribution is -2.32. The third-order valence-electron chi connectivity index (χ3n) is 3.32. The SMILES string of the molecule is CN(Cc1ccccc1)C(=O)/C=C/c1ccccc1B(O)O. The molecule has 0 heterocycles. The van der Waals surface area contributed by atoms with Crippen LogP contribution in [0.4, 0.5) is 0 Å². The lowest BCUT2D eigenvalue weighted by atomic mass is 9.77. The number of carbonyl (C=O) groups excluding carboxylic acids is 1. The van der Waals surface area contributed by atoms with E-state index >= 15 is 0 Å². The summed E-state index contributed by atoms with van der Waals surface area (Å²) in [7, 11) is 0.171. The van der Waals surface area contributed by atoms with Crippen LogP contribution in [0.1, 0.15) is 11.1 Å². The van der Waals surface area contributed by atoms with Crippen LogP contribution >= 0.6 is 0 Å². The predicted molar refractivity (Wildman–Crippen MR) is 88.2 cm³/mol. The Morgan fingerprint density at radius 2 is 1.73 bits per heavy atom. The number of benzene rings is 2. The summed E-state index contributed by atoms with van der Waals surface area (Å²) in [6.07, 6.45) is 3.03. The van der Waals surface area contributed by atoms with Crippen LogP contribution < -0.4 is 5.46 Å². The standard InChI is InChI=1S/C17H18BNO3/c1-19(13-14-7-3-2-4-8-14)17(20)12-11-15-9-5-6-10-16(15)18(21)22/h2-12,21-22H,13H2,1H3/b12-11+. The highest BCUT2D eigenvalue weighted by molar-refractivity contribution is 6.59. The molecule has 2 N–H and O–H groups in total. The molecule has 2 aromatic rings. The molecule has 0 aliphatic rings. The van der Waals surface area contributed by atoms with Gasteiger partial charge in [0.25, 0.3) is 0 Å². The minimum atomic E-state index is -1.56. The van der Waals surface area contributed by atoms with Crippen molar-refractivity contribution in [3.63, 3.8) is 0 Å². The Hall–Kier alpha value is -2.37. The van der Waals surface area contributed by atoms with E-state index in [1.54, 1.807) is 42.3 Å². The second kappa shape index (κ2) is 7.59. The molecule has 0 spiro atoms. The fourth-order valence-corrected chi connectivity index (χ4v) is 2.12. The van der Waals surface area contributed by atoms with E-state index in [9.17, 15) is 14.8 Å². The Kier molecular flexibility index (Phi) is 5.52. The Morgan fingerprint density at radius 1 is 1.09 bits per heavy atom. The first-order chi connectivity index (χ1) is 10.6. The van der Waals surface area contributed by atoms with Gasteiger partial charge in [-0.2, -0.15) is 0 Å². The topological polar surface area (TPSA) is 60.8 Å². The minimum Gasteiger partial charge on any atom is -0.423 e. The summed E-state index contributed by atoms with van der Waals surface area (Å²) in [4.78, 5) is 13.7. The molecule has 0 aliphatic heterocycles. The van der Waals surface area contributed by atoms with Crippen LogP contribution in [-0.4, -0.2) is 35.0 Å². The molecule has 0 saturated heterocycles. The van der Waals surface area contributed by atoms with Crippen molar-refractivity contribution in [2.75, 3.05) is 7.05 Å². The minimum absolute atomic E-state index is 0.147. The van der Waals surface area contributed by atoms with Crippen molar-refractivity contribution >= 4 is 24.6 Å². The second-order valence-electron chi connectivity index (χ2n) is 5.02. The Bertz CT molecular complexity index is 656. The highest BCUT2D eigenvalue weighted by Gasteiger charge is 2.14. The number of hydrogen-bond acceptors (Lipinski definition) is 3. The molecule has 1 amide bonds. The third kappa shape index (κ3) is 4.31. The molecule has 0 bridgehead atoms. The van der Waals surface area contributed by atoms with Crippen LogP contribution in [0.15, 0.2) is 60.7 Å². The smallest absolute Gasteiger partial charge is 0.423 e. The Balaban J connectivity index is 2.05. The molecule has 2 rings (SSSR count). The van der Waals surface area contributed by atoms with Gasteiger partial charge in [0.2, 0.25) is 5.91 Å². The predicted octanol–water partition coefficient (Wildman–Crippen LogP) is 1.04. The maximum Gasteiger partial charge on any atom is 0.489 e. The van der Waals surface area contributed by atoms with Crippen LogP contribution in [0.3, 0.4) is 0 Å². The number of hydrogen-bond donors (Lipinski definition) is 2. The number of nitrogens with zero attached hydrogens (tertiary/aromatic N) is 1.